The number of anilines is 1. The maximum atomic E-state index is 4.39. The zero-order chi connectivity index (χ0) is 13.1. The number of fused-ring (bicyclic) bond motifs is 1. The standard InChI is InChI=1S/C16H16N2S/c1-12(11-13-5-4-10-19-13)18-16-8-9-17-15-7-3-2-6-14(15)16/h2-10,12H,11H2,1H3,(H,17,18). The molecule has 19 heavy (non-hydrogen) atoms. The Morgan fingerprint density at radius 2 is 2.05 bits per heavy atom. The first-order chi connectivity index (χ1) is 9.33. The van der Waals surface area contributed by atoms with E-state index in [1.165, 1.54) is 10.3 Å². The van der Waals surface area contributed by atoms with Crippen LogP contribution in [0.3, 0.4) is 0 Å². The van der Waals surface area contributed by atoms with Crippen LogP contribution in [0, 0.1) is 0 Å². The maximum Gasteiger partial charge on any atom is 0.0722 e. The van der Waals surface area contributed by atoms with E-state index < -0.39 is 0 Å². The average Bonchev–Trinajstić information content (AvgIpc) is 2.92. The zero-order valence-corrected chi connectivity index (χ0v) is 11.7. The van der Waals surface area contributed by atoms with Gasteiger partial charge in [-0.15, -0.1) is 11.3 Å². The van der Waals surface area contributed by atoms with Gasteiger partial charge in [-0.25, -0.2) is 0 Å². The molecule has 0 fully saturated rings. The summed E-state index contributed by atoms with van der Waals surface area (Å²) in [5, 5.41) is 6.90. The quantitative estimate of drug-likeness (QED) is 0.761. The molecule has 0 aliphatic rings. The van der Waals surface area contributed by atoms with Gasteiger partial charge in [-0.3, -0.25) is 4.98 Å². The molecule has 2 nitrogen and oxygen atoms in total. The van der Waals surface area contributed by atoms with Crippen LogP contribution in [0.25, 0.3) is 10.9 Å². The van der Waals surface area contributed by atoms with Crippen molar-refractivity contribution in [2.45, 2.75) is 19.4 Å². The Balaban J connectivity index is 1.81. The molecule has 3 aromatic rings. The zero-order valence-electron chi connectivity index (χ0n) is 10.8. The fourth-order valence-corrected chi connectivity index (χ4v) is 3.10. The molecular formula is C16H16N2S. The fraction of sp³-hybridized carbons (Fsp3) is 0.188. The number of hydrogen-bond acceptors (Lipinski definition) is 3. The van der Waals surface area contributed by atoms with Gasteiger partial charge < -0.3 is 5.32 Å². The number of nitrogens with one attached hydrogen (secondary N) is 1. The van der Waals surface area contributed by atoms with Crippen molar-refractivity contribution < 1.29 is 0 Å². The second-order valence-corrected chi connectivity index (χ2v) is 5.74. The smallest absolute Gasteiger partial charge is 0.0722 e. The molecule has 1 atom stereocenters. The summed E-state index contributed by atoms with van der Waals surface area (Å²) in [5.74, 6) is 0. The van der Waals surface area contributed by atoms with Gasteiger partial charge in [-0.2, -0.15) is 0 Å². The van der Waals surface area contributed by atoms with Gasteiger partial charge in [0.2, 0.25) is 0 Å². The molecule has 2 aromatic heterocycles. The highest BCUT2D eigenvalue weighted by Gasteiger charge is 2.07. The highest BCUT2D eigenvalue weighted by atomic mass is 32.1. The van der Waals surface area contributed by atoms with E-state index >= 15 is 0 Å². The summed E-state index contributed by atoms with van der Waals surface area (Å²) in [7, 11) is 0. The van der Waals surface area contributed by atoms with Crippen LogP contribution in [0.15, 0.2) is 54.0 Å². The minimum absolute atomic E-state index is 0.407. The first-order valence-electron chi connectivity index (χ1n) is 6.45. The van der Waals surface area contributed by atoms with Gasteiger partial charge in [-0.05, 0) is 30.5 Å². The summed E-state index contributed by atoms with van der Waals surface area (Å²) in [6.45, 7) is 2.22. The lowest BCUT2D eigenvalue weighted by atomic mass is 10.1. The summed E-state index contributed by atoms with van der Waals surface area (Å²) in [5.41, 5.74) is 2.20. The Morgan fingerprint density at radius 3 is 2.89 bits per heavy atom. The SMILES string of the molecule is CC(Cc1cccs1)Nc1ccnc2ccccc12. The number of hydrogen-bond donors (Lipinski definition) is 1. The Morgan fingerprint density at radius 1 is 1.16 bits per heavy atom. The van der Waals surface area contributed by atoms with Crippen molar-refractivity contribution >= 4 is 27.9 Å². The van der Waals surface area contributed by atoms with Crippen molar-refractivity contribution in [3.63, 3.8) is 0 Å². The molecule has 0 saturated heterocycles. The summed E-state index contributed by atoms with van der Waals surface area (Å²) in [4.78, 5) is 5.80. The molecule has 0 aliphatic carbocycles. The molecule has 2 heterocycles. The minimum Gasteiger partial charge on any atom is -0.382 e. The Labute approximate surface area is 117 Å². The third kappa shape index (κ3) is 2.76. The summed E-state index contributed by atoms with van der Waals surface area (Å²) in [6.07, 6.45) is 2.91. The first-order valence-corrected chi connectivity index (χ1v) is 7.33. The van der Waals surface area contributed by atoms with Crippen LogP contribution in [0.5, 0.6) is 0 Å². The van der Waals surface area contributed by atoms with Gasteiger partial charge in [0, 0.05) is 34.6 Å². The van der Waals surface area contributed by atoms with E-state index in [1.807, 2.05) is 35.7 Å². The highest BCUT2D eigenvalue weighted by molar-refractivity contribution is 7.09. The molecular weight excluding hydrogens is 252 g/mol. The topological polar surface area (TPSA) is 24.9 Å². The van der Waals surface area contributed by atoms with Crippen molar-refractivity contribution in [2.24, 2.45) is 0 Å². The number of nitrogens with zero attached hydrogens (tertiary/aromatic N) is 1. The van der Waals surface area contributed by atoms with E-state index in [2.05, 4.69) is 46.9 Å². The maximum absolute atomic E-state index is 4.39. The van der Waals surface area contributed by atoms with Crippen LogP contribution in [-0.2, 0) is 6.42 Å². The van der Waals surface area contributed by atoms with Crippen LogP contribution in [0.1, 0.15) is 11.8 Å². The summed E-state index contributed by atoms with van der Waals surface area (Å²) < 4.78 is 0. The molecule has 0 saturated carbocycles. The molecule has 3 rings (SSSR count). The fourth-order valence-electron chi connectivity index (χ4n) is 2.27. The molecule has 3 heteroatoms. The van der Waals surface area contributed by atoms with Crippen LogP contribution >= 0.6 is 11.3 Å². The van der Waals surface area contributed by atoms with Crippen molar-refractivity contribution in [1.82, 2.24) is 4.98 Å². The van der Waals surface area contributed by atoms with Crippen LogP contribution < -0.4 is 5.32 Å². The number of benzene rings is 1. The second kappa shape index (κ2) is 5.41. The van der Waals surface area contributed by atoms with E-state index in [-0.39, 0.29) is 0 Å². The van der Waals surface area contributed by atoms with E-state index in [9.17, 15) is 0 Å². The number of para-hydroxylation sites is 1. The molecule has 96 valence electrons. The van der Waals surface area contributed by atoms with Gasteiger partial charge in [0.25, 0.3) is 0 Å². The van der Waals surface area contributed by atoms with E-state index in [0.29, 0.717) is 6.04 Å². The van der Waals surface area contributed by atoms with Crippen molar-refractivity contribution in [3.05, 3.63) is 58.9 Å². The molecule has 1 aromatic carbocycles. The normalized spacial score (nSPS) is 12.5. The van der Waals surface area contributed by atoms with E-state index in [1.54, 1.807) is 0 Å². The predicted octanol–water partition coefficient (Wildman–Crippen LogP) is 4.34. The third-order valence-corrected chi connectivity index (χ3v) is 4.04. The Hall–Kier alpha value is -1.87. The molecule has 0 radical (unpaired) electrons. The lowest BCUT2D eigenvalue weighted by Gasteiger charge is -2.16. The van der Waals surface area contributed by atoms with Gasteiger partial charge in [-0.1, -0.05) is 24.3 Å². The molecule has 1 N–H and O–H groups in total. The number of rotatable bonds is 4. The summed E-state index contributed by atoms with van der Waals surface area (Å²) >= 11 is 1.81. The van der Waals surface area contributed by atoms with Crippen molar-refractivity contribution in [3.8, 4) is 0 Å². The Kier molecular flexibility index (Phi) is 3.47. The molecule has 1 unspecified atom stereocenters. The van der Waals surface area contributed by atoms with Crippen molar-refractivity contribution in [1.29, 1.82) is 0 Å². The number of aromatic nitrogens is 1. The predicted molar refractivity (Wildman–Crippen MR) is 82.9 cm³/mol. The summed E-state index contributed by atoms with van der Waals surface area (Å²) in [6, 6.07) is 15.0. The Bertz CT molecular complexity index is 656. The lowest BCUT2D eigenvalue weighted by Crippen LogP contribution is -2.17. The van der Waals surface area contributed by atoms with Crippen LogP contribution in [-0.4, -0.2) is 11.0 Å². The van der Waals surface area contributed by atoms with Crippen LogP contribution in [0.4, 0.5) is 5.69 Å². The molecule has 0 amide bonds. The number of pyridine rings is 1. The monoisotopic (exact) mass is 268 g/mol. The highest BCUT2D eigenvalue weighted by Crippen LogP contribution is 2.22. The largest absolute Gasteiger partial charge is 0.382 e. The van der Waals surface area contributed by atoms with Gasteiger partial charge in [0.05, 0.1) is 5.52 Å². The van der Waals surface area contributed by atoms with Crippen LogP contribution in [0.2, 0.25) is 0 Å². The van der Waals surface area contributed by atoms with Crippen molar-refractivity contribution in [2.75, 3.05) is 5.32 Å². The lowest BCUT2D eigenvalue weighted by molar-refractivity contribution is 0.802. The number of thiophene rings is 1. The van der Waals surface area contributed by atoms with Gasteiger partial charge >= 0.3 is 0 Å². The molecule has 0 aliphatic heterocycles. The second-order valence-electron chi connectivity index (χ2n) is 4.70. The molecule has 0 spiro atoms. The molecule has 0 bridgehead atoms. The van der Waals surface area contributed by atoms with Gasteiger partial charge in [0.15, 0.2) is 0 Å². The van der Waals surface area contributed by atoms with E-state index in [4.69, 9.17) is 0 Å². The average molecular weight is 268 g/mol. The van der Waals surface area contributed by atoms with E-state index in [0.717, 1.165) is 17.6 Å². The third-order valence-electron chi connectivity index (χ3n) is 3.14. The first kappa shape index (κ1) is 12.2. The van der Waals surface area contributed by atoms with Gasteiger partial charge in [0.1, 0.15) is 0 Å². The minimum atomic E-state index is 0.407.